The van der Waals surface area contributed by atoms with Gasteiger partial charge in [0.1, 0.15) is 5.88 Å². The van der Waals surface area contributed by atoms with Gasteiger partial charge in [-0.05, 0) is 6.07 Å². The summed E-state index contributed by atoms with van der Waals surface area (Å²) in [4.78, 5) is 8.06. The molecule has 0 saturated carbocycles. The Morgan fingerprint density at radius 3 is 2.75 bits per heavy atom. The van der Waals surface area contributed by atoms with Crippen molar-refractivity contribution in [1.29, 1.82) is 0 Å². The minimum Gasteiger partial charge on any atom is -0.484 e. The van der Waals surface area contributed by atoms with E-state index in [0.29, 0.717) is 16.8 Å². The monoisotopic (exact) mass is 308 g/mol. The number of aromatic nitrogens is 2. The molecule has 0 atom stereocenters. The molecule has 2 aromatic heterocycles. The van der Waals surface area contributed by atoms with E-state index in [4.69, 9.17) is 16.3 Å². The van der Waals surface area contributed by atoms with Gasteiger partial charge in [0.2, 0.25) is 5.88 Å². The van der Waals surface area contributed by atoms with E-state index in [1.54, 1.807) is 30.6 Å². The molecule has 5 heteroatoms. The third kappa shape index (κ3) is 3.82. The first-order valence-electron chi connectivity index (χ1n) is 4.38. The molecule has 0 spiro atoms. The van der Waals surface area contributed by atoms with Crippen LogP contribution in [0.5, 0.6) is 11.8 Å². The van der Waals surface area contributed by atoms with Gasteiger partial charge in [0.05, 0.1) is 0 Å². The van der Waals surface area contributed by atoms with Crippen LogP contribution in [0.1, 0.15) is 5.56 Å². The molecular weight excluding hydrogens is 300 g/mol. The van der Waals surface area contributed by atoms with Crippen LogP contribution >= 0.6 is 11.6 Å². The third-order valence-electron chi connectivity index (χ3n) is 1.71. The normalized spacial score (nSPS) is 9.38. The number of pyridine rings is 2. The minimum absolute atomic E-state index is 0. The fourth-order valence-corrected chi connectivity index (χ4v) is 1.16. The van der Waals surface area contributed by atoms with Crippen molar-refractivity contribution in [3.05, 3.63) is 47.2 Å². The standard InChI is InChI=1S/C11H8ClN2O.Y/c1-8-2-3-10(14-7-8)15-11-6-9(12)4-5-13-11;/h3-7H,1H3;/q-1;. The van der Waals surface area contributed by atoms with E-state index in [9.17, 15) is 0 Å². The molecule has 0 bridgehead atoms. The summed E-state index contributed by atoms with van der Waals surface area (Å²) in [5.41, 5.74) is 0.960. The zero-order valence-corrected chi connectivity index (χ0v) is 12.2. The number of hydrogen-bond donors (Lipinski definition) is 0. The number of rotatable bonds is 2. The van der Waals surface area contributed by atoms with Gasteiger partial charge in [-0.1, -0.05) is 24.7 Å². The molecule has 0 aliphatic rings. The summed E-state index contributed by atoms with van der Waals surface area (Å²) in [6.45, 7) is 1.91. The average Bonchev–Trinajstić information content (AvgIpc) is 2.22. The zero-order valence-electron chi connectivity index (χ0n) is 8.64. The van der Waals surface area contributed by atoms with Gasteiger partial charge in [-0.25, -0.2) is 4.98 Å². The summed E-state index contributed by atoms with van der Waals surface area (Å²) in [6.07, 6.45) is 3.26. The van der Waals surface area contributed by atoms with Crippen molar-refractivity contribution in [2.24, 2.45) is 0 Å². The van der Waals surface area contributed by atoms with Crippen LogP contribution in [0, 0.1) is 13.0 Å². The summed E-state index contributed by atoms with van der Waals surface area (Å²) in [5, 5.41) is 0.580. The van der Waals surface area contributed by atoms with Crippen molar-refractivity contribution in [3.8, 4) is 11.8 Å². The van der Waals surface area contributed by atoms with Crippen molar-refractivity contribution in [2.75, 3.05) is 0 Å². The molecule has 79 valence electrons. The van der Waals surface area contributed by atoms with Gasteiger partial charge >= 0.3 is 0 Å². The summed E-state index contributed by atoms with van der Waals surface area (Å²) < 4.78 is 5.38. The Hall–Kier alpha value is -0.506. The predicted molar refractivity (Wildman–Crippen MR) is 57.1 cm³/mol. The number of aryl methyl sites for hydroxylation is 1. The molecule has 3 nitrogen and oxygen atoms in total. The van der Waals surface area contributed by atoms with Crippen molar-refractivity contribution in [3.63, 3.8) is 0 Å². The topological polar surface area (TPSA) is 35.0 Å². The van der Waals surface area contributed by atoms with Crippen LogP contribution in [-0.2, 0) is 32.7 Å². The quantitative estimate of drug-likeness (QED) is 0.800. The van der Waals surface area contributed by atoms with Crippen molar-refractivity contribution < 1.29 is 37.4 Å². The maximum atomic E-state index is 5.79. The van der Waals surface area contributed by atoms with Crippen LogP contribution in [0.25, 0.3) is 0 Å². The molecule has 0 fully saturated rings. The predicted octanol–water partition coefficient (Wildman–Crippen LogP) is 3.03. The summed E-state index contributed by atoms with van der Waals surface area (Å²) in [5.74, 6) is 0.877. The zero-order chi connectivity index (χ0) is 10.7. The Bertz CT molecular complexity index is 462. The third-order valence-corrected chi connectivity index (χ3v) is 1.95. The maximum Gasteiger partial charge on any atom is 0.209 e. The van der Waals surface area contributed by atoms with Crippen LogP contribution in [0.2, 0.25) is 5.02 Å². The summed E-state index contributed by atoms with van der Waals surface area (Å²) in [7, 11) is 0. The Morgan fingerprint density at radius 2 is 2.12 bits per heavy atom. The van der Waals surface area contributed by atoms with Gasteiger partial charge in [-0.15, -0.1) is 11.6 Å². The van der Waals surface area contributed by atoms with Gasteiger partial charge in [0, 0.05) is 50.0 Å². The van der Waals surface area contributed by atoms with E-state index in [-0.39, 0.29) is 32.7 Å². The molecule has 2 heterocycles. The number of ether oxygens (including phenoxy) is 1. The molecule has 0 aromatic carbocycles. The van der Waals surface area contributed by atoms with Crippen molar-refractivity contribution in [2.45, 2.75) is 6.92 Å². The fraction of sp³-hybridized carbons (Fsp3) is 0.0909. The van der Waals surface area contributed by atoms with Gasteiger partial charge in [-0.2, -0.15) is 6.07 Å². The van der Waals surface area contributed by atoms with Gasteiger partial charge in [0.25, 0.3) is 0 Å². The van der Waals surface area contributed by atoms with E-state index >= 15 is 0 Å². The molecule has 0 unspecified atom stereocenters. The fourth-order valence-electron chi connectivity index (χ4n) is 1.01. The van der Waals surface area contributed by atoms with Crippen LogP contribution < -0.4 is 4.74 Å². The second kappa shape index (κ2) is 6.28. The first-order chi connectivity index (χ1) is 7.24. The molecule has 2 aromatic rings. The summed E-state index contributed by atoms with van der Waals surface area (Å²) in [6, 6.07) is 7.96. The second-order valence-electron chi connectivity index (χ2n) is 2.98. The molecule has 1 radical (unpaired) electrons. The molecule has 0 aliphatic heterocycles. The van der Waals surface area contributed by atoms with Crippen LogP contribution in [0.15, 0.2) is 30.6 Å². The molecule has 16 heavy (non-hydrogen) atoms. The molecule has 2 rings (SSSR count). The van der Waals surface area contributed by atoms with E-state index in [2.05, 4.69) is 16.0 Å². The maximum absolute atomic E-state index is 5.79. The number of hydrogen-bond acceptors (Lipinski definition) is 3. The molecule has 0 amide bonds. The average molecular weight is 309 g/mol. The smallest absolute Gasteiger partial charge is 0.209 e. The van der Waals surface area contributed by atoms with Crippen LogP contribution in [0.3, 0.4) is 0 Å². The summed E-state index contributed by atoms with van der Waals surface area (Å²) >= 11 is 5.79. The van der Waals surface area contributed by atoms with Crippen molar-refractivity contribution >= 4 is 11.6 Å². The SMILES string of the molecule is Cc1[c-]cc(Oc2cc(Cl)ccn2)nc1.[Y]. The first-order valence-corrected chi connectivity index (χ1v) is 4.75. The Kier molecular flexibility index (Phi) is 5.32. The van der Waals surface area contributed by atoms with Crippen LogP contribution in [0.4, 0.5) is 0 Å². The van der Waals surface area contributed by atoms with E-state index in [0.717, 1.165) is 5.56 Å². The number of halogens is 1. The molecule has 0 saturated heterocycles. The van der Waals surface area contributed by atoms with Gasteiger partial charge < -0.3 is 9.72 Å². The van der Waals surface area contributed by atoms with E-state index in [1.807, 2.05) is 6.92 Å². The number of nitrogens with zero attached hydrogens (tertiary/aromatic N) is 2. The first kappa shape index (κ1) is 13.6. The van der Waals surface area contributed by atoms with E-state index in [1.165, 1.54) is 0 Å². The largest absolute Gasteiger partial charge is 0.484 e. The van der Waals surface area contributed by atoms with E-state index < -0.39 is 0 Å². The Balaban J connectivity index is 0.00000128. The second-order valence-corrected chi connectivity index (χ2v) is 3.42. The van der Waals surface area contributed by atoms with Crippen molar-refractivity contribution in [1.82, 2.24) is 9.97 Å². The minimum atomic E-state index is 0. The van der Waals surface area contributed by atoms with Crippen LogP contribution in [-0.4, -0.2) is 9.97 Å². The Labute approximate surface area is 124 Å². The van der Waals surface area contributed by atoms with Gasteiger partial charge in [0.15, 0.2) is 0 Å². The van der Waals surface area contributed by atoms with Gasteiger partial charge in [-0.3, -0.25) is 0 Å². The Morgan fingerprint density at radius 1 is 1.31 bits per heavy atom. The molecule has 0 N–H and O–H groups in total. The molecule has 0 aliphatic carbocycles. The molecular formula is C11H8ClN2OY-.